The first-order chi connectivity index (χ1) is 7.66. The Morgan fingerprint density at radius 1 is 1.31 bits per heavy atom. The first-order valence-electron chi connectivity index (χ1n) is 5.05. The lowest BCUT2D eigenvalue weighted by molar-refractivity contribution is -0.137. The molecule has 0 aliphatic carbocycles. The van der Waals surface area contributed by atoms with Crippen LogP contribution in [0.25, 0.3) is 0 Å². The number of aliphatic carboxylic acids is 1. The molecule has 1 aliphatic heterocycles. The Hall–Kier alpha value is -2.04. The third-order valence-corrected chi connectivity index (χ3v) is 2.45. The molecule has 1 atom stereocenters. The molecule has 0 fully saturated rings. The highest BCUT2D eigenvalue weighted by atomic mass is 16.4. The number of amides is 1. The zero-order chi connectivity index (χ0) is 11.5. The minimum Gasteiger partial charge on any atom is -0.481 e. The number of nitrogens with one attached hydrogen (secondary N) is 2. The fourth-order valence-corrected chi connectivity index (χ4v) is 1.68. The Bertz CT molecular complexity index is 431. The van der Waals surface area contributed by atoms with E-state index < -0.39 is 5.97 Å². The van der Waals surface area contributed by atoms with Gasteiger partial charge in [-0.1, -0.05) is 12.1 Å². The number of carboxylic acid groups (broad SMARTS) is 1. The minimum absolute atomic E-state index is 0.0279. The van der Waals surface area contributed by atoms with Crippen LogP contribution < -0.4 is 10.6 Å². The summed E-state index contributed by atoms with van der Waals surface area (Å²) in [6.07, 6.45) is 0.0914. The molecule has 1 amide bonds. The van der Waals surface area contributed by atoms with Crippen molar-refractivity contribution < 1.29 is 14.7 Å². The summed E-state index contributed by atoms with van der Waals surface area (Å²) in [5.41, 5.74) is 1.34. The number of hydrogen-bond donors (Lipinski definition) is 3. The van der Waals surface area contributed by atoms with Crippen molar-refractivity contribution in [3.63, 3.8) is 0 Å². The lowest BCUT2D eigenvalue weighted by atomic mass is 10.1. The van der Waals surface area contributed by atoms with Gasteiger partial charge in [-0.25, -0.2) is 0 Å². The van der Waals surface area contributed by atoms with Gasteiger partial charge in [0.2, 0.25) is 0 Å². The molecule has 0 saturated heterocycles. The predicted octanol–water partition coefficient (Wildman–Crippen LogP) is 1.03. The van der Waals surface area contributed by atoms with Gasteiger partial charge in [0, 0.05) is 12.1 Å². The quantitative estimate of drug-likeness (QED) is 0.711. The largest absolute Gasteiger partial charge is 0.481 e. The Labute approximate surface area is 92.5 Å². The molecule has 84 valence electrons. The van der Waals surface area contributed by atoms with E-state index in [1.165, 1.54) is 0 Å². The maximum atomic E-state index is 11.6. The highest BCUT2D eigenvalue weighted by Gasteiger charge is 2.22. The van der Waals surface area contributed by atoms with Gasteiger partial charge in [0.15, 0.2) is 0 Å². The summed E-state index contributed by atoms with van der Waals surface area (Å²) in [4.78, 5) is 22.1. The van der Waals surface area contributed by atoms with Gasteiger partial charge in [0.25, 0.3) is 5.91 Å². The molecule has 0 saturated carbocycles. The summed E-state index contributed by atoms with van der Waals surface area (Å²) < 4.78 is 0. The molecule has 1 heterocycles. The molecule has 5 heteroatoms. The summed E-state index contributed by atoms with van der Waals surface area (Å²) in [5, 5.41) is 14.4. The number of fused-ring (bicyclic) bond motifs is 1. The molecule has 1 unspecified atom stereocenters. The van der Waals surface area contributed by atoms with Crippen LogP contribution in [0.5, 0.6) is 0 Å². The van der Waals surface area contributed by atoms with E-state index in [-0.39, 0.29) is 18.5 Å². The van der Waals surface area contributed by atoms with Crippen LogP contribution >= 0.6 is 0 Å². The van der Waals surface area contributed by atoms with Gasteiger partial charge in [0.05, 0.1) is 11.7 Å². The van der Waals surface area contributed by atoms with Crippen molar-refractivity contribution in [2.45, 2.75) is 19.0 Å². The Kier molecular flexibility index (Phi) is 2.76. The molecule has 3 N–H and O–H groups in total. The number of anilines is 1. The molecule has 2 rings (SSSR count). The highest BCUT2D eigenvalue weighted by molar-refractivity contribution is 6.01. The van der Waals surface area contributed by atoms with Gasteiger partial charge in [-0.15, -0.1) is 0 Å². The lowest BCUT2D eigenvalue weighted by Gasteiger charge is -2.27. The van der Waals surface area contributed by atoms with Gasteiger partial charge >= 0.3 is 5.97 Å². The highest BCUT2D eigenvalue weighted by Crippen LogP contribution is 2.20. The first-order valence-corrected chi connectivity index (χ1v) is 5.05. The van der Waals surface area contributed by atoms with E-state index in [1.54, 1.807) is 12.1 Å². The van der Waals surface area contributed by atoms with E-state index >= 15 is 0 Å². The molecular weight excluding hydrogens is 208 g/mol. The normalized spacial score (nSPS) is 18.2. The van der Waals surface area contributed by atoms with E-state index in [9.17, 15) is 9.59 Å². The summed E-state index contributed by atoms with van der Waals surface area (Å²) in [5.74, 6) is -1.03. The number of para-hydroxylation sites is 1. The van der Waals surface area contributed by atoms with Gasteiger partial charge < -0.3 is 15.7 Å². The molecule has 0 bridgehead atoms. The number of rotatable bonds is 3. The Balaban J connectivity index is 2.09. The van der Waals surface area contributed by atoms with Crippen LogP contribution in [0.15, 0.2) is 24.3 Å². The van der Waals surface area contributed by atoms with Gasteiger partial charge in [0.1, 0.15) is 0 Å². The second-order valence-electron chi connectivity index (χ2n) is 3.65. The monoisotopic (exact) mass is 220 g/mol. The van der Waals surface area contributed by atoms with E-state index in [4.69, 9.17) is 5.11 Å². The maximum Gasteiger partial charge on any atom is 0.303 e. The molecule has 5 nitrogen and oxygen atoms in total. The summed E-state index contributed by atoms with van der Waals surface area (Å²) in [6.45, 7) is 0. The van der Waals surface area contributed by atoms with E-state index in [2.05, 4.69) is 10.6 Å². The summed E-state index contributed by atoms with van der Waals surface area (Å²) >= 11 is 0. The summed E-state index contributed by atoms with van der Waals surface area (Å²) in [6, 6.07) is 7.16. The molecule has 1 aromatic rings. The fraction of sp³-hybridized carbons (Fsp3) is 0.273. The maximum absolute atomic E-state index is 11.6. The zero-order valence-corrected chi connectivity index (χ0v) is 8.56. The zero-order valence-electron chi connectivity index (χ0n) is 8.56. The van der Waals surface area contributed by atoms with Crippen LogP contribution in [0.1, 0.15) is 23.2 Å². The first kappa shape index (κ1) is 10.5. The number of benzene rings is 1. The topological polar surface area (TPSA) is 78.4 Å². The number of carbonyl (C=O) groups excluding carboxylic acids is 1. The molecule has 0 aromatic heterocycles. The van der Waals surface area contributed by atoms with Crippen LogP contribution in [0.2, 0.25) is 0 Å². The van der Waals surface area contributed by atoms with Crippen molar-refractivity contribution in [3.05, 3.63) is 29.8 Å². The summed E-state index contributed by atoms with van der Waals surface area (Å²) in [7, 11) is 0. The van der Waals surface area contributed by atoms with Crippen molar-refractivity contribution >= 4 is 17.6 Å². The third-order valence-electron chi connectivity index (χ3n) is 2.45. The molecule has 1 aliphatic rings. The minimum atomic E-state index is -0.866. The SMILES string of the molecule is O=C(O)CCC1NC(=O)c2ccccc2N1. The van der Waals surface area contributed by atoms with Crippen molar-refractivity contribution in [2.24, 2.45) is 0 Å². The van der Waals surface area contributed by atoms with Gasteiger partial charge in [-0.05, 0) is 18.6 Å². The van der Waals surface area contributed by atoms with E-state index in [0.29, 0.717) is 12.0 Å². The molecule has 16 heavy (non-hydrogen) atoms. The second kappa shape index (κ2) is 4.22. The van der Waals surface area contributed by atoms with Gasteiger partial charge in [-0.3, -0.25) is 9.59 Å². The number of hydrogen-bond acceptors (Lipinski definition) is 3. The second-order valence-corrected chi connectivity index (χ2v) is 3.65. The van der Waals surface area contributed by atoms with Gasteiger partial charge in [-0.2, -0.15) is 0 Å². The van der Waals surface area contributed by atoms with Crippen LogP contribution in [-0.2, 0) is 4.79 Å². The molecular formula is C11H12N2O3. The van der Waals surface area contributed by atoms with Crippen molar-refractivity contribution in [1.82, 2.24) is 5.32 Å². The van der Waals surface area contributed by atoms with Crippen LogP contribution in [0.4, 0.5) is 5.69 Å². The standard InChI is InChI=1S/C11H12N2O3/c14-10(15)6-5-9-12-8-4-2-1-3-7(8)11(16)13-9/h1-4,9,12H,5-6H2,(H,13,16)(H,14,15). The third kappa shape index (κ3) is 2.13. The van der Waals surface area contributed by atoms with Crippen LogP contribution in [0.3, 0.4) is 0 Å². The molecule has 0 spiro atoms. The lowest BCUT2D eigenvalue weighted by Crippen LogP contribution is -2.45. The smallest absolute Gasteiger partial charge is 0.303 e. The molecule has 1 aromatic carbocycles. The van der Waals surface area contributed by atoms with Crippen molar-refractivity contribution in [3.8, 4) is 0 Å². The van der Waals surface area contributed by atoms with Crippen LogP contribution in [-0.4, -0.2) is 23.1 Å². The van der Waals surface area contributed by atoms with E-state index in [1.807, 2.05) is 12.1 Å². The van der Waals surface area contributed by atoms with Crippen molar-refractivity contribution in [2.75, 3.05) is 5.32 Å². The van der Waals surface area contributed by atoms with E-state index in [0.717, 1.165) is 5.69 Å². The molecule has 0 radical (unpaired) electrons. The fourth-order valence-electron chi connectivity index (χ4n) is 1.68. The predicted molar refractivity (Wildman–Crippen MR) is 58.2 cm³/mol. The van der Waals surface area contributed by atoms with Crippen LogP contribution in [0, 0.1) is 0 Å². The number of carbonyl (C=O) groups is 2. The van der Waals surface area contributed by atoms with Crippen molar-refractivity contribution in [1.29, 1.82) is 0 Å². The Morgan fingerprint density at radius 2 is 2.06 bits per heavy atom. The Morgan fingerprint density at radius 3 is 2.81 bits per heavy atom. The average molecular weight is 220 g/mol. The number of carboxylic acids is 1. The average Bonchev–Trinajstić information content (AvgIpc) is 2.26.